The normalized spacial score (nSPS) is 20.3. The van der Waals surface area contributed by atoms with Gasteiger partial charge in [-0.05, 0) is 0 Å². The van der Waals surface area contributed by atoms with Gasteiger partial charge in [0.2, 0.25) is 0 Å². The predicted octanol–water partition coefficient (Wildman–Crippen LogP) is 1.94. The zero-order chi connectivity index (χ0) is 20.1. The van der Waals surface area contributed by atoms with Gasteiger partial charge in [-0.2, -0.15) is 0 Å². The van der Waals surface area contributed by atoms with E-state index in [1.165, 1.54) is 12.1 Å². The molecule has 1 heterocycles. The van der Waals surface area contributed by atoms with Crippen LogP contribution in [0.5, 0.6) is 0 Å². The summed E-state index contributed by atoms with van der Waals surface area (Å²) in [7, 11) is 0. The molecule has 1 radical (unpaired) electrons. The van der Waals surface area contributed by atoms with Crippen molar-refractivity contribution in [2.75, 3.05) is 6.61 Å². The third-order valence-corrected chi connectivity index (χ3v) is 7.10. The standard InChI is InChI=1S/C13H9F2O6.C6H5.Bi/c14-13(15)10(20-7-16)9(21-12(13)18)6-19-11(17)8-4-2-1-3-5-8;1-2-4-6-5-3-1;/h1-5,9-10H,6H2;1-5H;/t9-,10+;;/m1../s1. The number of carbonyl (C=O) groups is 3. The van der Waals surface area contributed by atoms with Crippen LogP contribution in [0.2, 0.25) is 0 Å². The summed E-state index contributed by atoms with van der Waals surface area (Å²) >= 11 is -2.07. The molecule has 0 saturated carbocycles. The van der Waals surface area contributed by atoms with Crippen molar-refractivity contribution in [2.45, 2.75) is 18.1 Å². The Balaban J connectivity index is 1.65. The van der Waals surface area contributed by atoms with Gasteiger partial charge in [-0.1, -0.05) is 0 Å². The number of hydrogen-bond donors (Lipinski definition) is 0. The Kier molecular flexibility index (Phi) is 6.34. The van der Waals surface area contributed by atoms with Gasteiger partial charge >= 0.3 is 170 Å². The summed E-state index contributed by atoms with van der Waals surface area (Å²) < 4.78 is 42.7. The number of halogens is 2. The minimum atomic E-state index is -4.00. The molecule has 1 aliphatic heterocycles. The second-order valence-electron chi connectivity index (χ2n) is 5.78. The molecule has 2 atom stereocenters. The van der Waals surface area contributed by atoms with Gasteiger partial charge in [0, 0.05) is 0 Å². The molecule has 0 amide bonds. The number of cyclic esters (lactones) is 1. The maximum absolute atomic E-state index is 14.1. The Hall–Kier alpha value is -2.41. The van der Waals surface area contributed by atoms with E-state index in [2.05, 4.69) is 4.74 Å². The van der Waals surface area contributed by atoms with Crippen LogP contribution in [0.15, 0.2) is 60.7 Å². The van der Waals surface area contributed by atoms with Crippen molar-refractivity contribution in [2.24, 2.45) is 0 Å². The molecular weight excluding hydrogens is 571 g/mol. The summed E-state index contributed by atoms with van der Waals surface area (Å²) in [6.07, 6.45) is -3.71. The predicted molar refractivity (Wildman–Crippen MR) is 93.7 cm³/mol. The minimum absolute atomic E-state index is 0.214. The van der Waals surface area contributed by atoms with E-state index in [1.54, 1.807) is 48.5 Å². The summed E-state index contributed by atoms with van der Waals surface area (Å²) in [6, 6.07) is 16.6. The number of esters is 2. The molecule has 28 heavy (non-hydrogen) atoms. The van der Waals surface area contributed by atoms with E-state index >= 15 is 0 Å². The molecule has 2 aromatic rings. The molecule has 1 aliphatic rings. The zero-order valence-electron chi connectivity index (χ0n) is 14.3. The Morgan fingerprint density at radius 3 is 2.29 bits per heavy atom. The fourth-order valence-electron chi connectivity index (χ4n) is 2.46. The van der Waals surface area contributed by atoms with Crippen LogP contribution in [0.25, 0.3) is 0 Å². The van der Waals surface area contributed by atoms with Gasteiger partial charge in [-0.25, -0.2) is 0 Å². The molecular formula is C19H14BiF2O6. The quantitative estimate of drug-likeness (QED) is 0.293. The summed E-state index contributed by atoms with van der Waals surface area (Å²) in [6.45, 7) is -0.648. The topological polar surface area (TPSA) is 78.9 Å². The molecule has 0 aliphatic carbocycles. The Labute approximate surface area is 170 Å². The number of alkyl halides is 2. The fraction of sp³-hybridized carbons (Fsp3) is 0.211. The van der Waals surface area contributed by atoms with Crippen LogP contribution < -0.4 is 3.27 Å². The second kappa shape index (κ2) is 8.73. The first-order chi connectivity index (χ1) is 13.4. The van der Waals surface area contributed by atoms with Gasteiger partial charge in [-0.3, -0.25) is 0 Å². The molecule has 145 valence electrons. The Morgan fingerprint density at radius 2 is 1.64 bits per heavy atom. The van der Waals surface area contributed by atoms with Crippen molar-refractivity contribution in [3.8, 4) is 0 Å². The number of benzene rings is 2. The van der Waals surface area contributed by atoms with Gasteiger partial charge in [0.25, 0.3) is 0 Å². The molecule has 1 saturated heterocycles. The van der Waals surface area contributed by atoms with Gasteiger partial charge in [0.05, 0.1) is 0 Å². The van der Waals surface area contributed by atoms with Gasteiger partial charge in [0.1, 0.15) is 0 Å². The molecule has 2 aromatic carbocycles. The van der Waals surface area contributed by atoms with Gasteiger partial charge < -0.3 is 0 Å². The van der Waals surface area contributed by atoms with E-state index in [1.807, 2.05) is 0 Å². The van der Waals surface area contributed by atoms with E-state index in [0.29, 0.717) is 0 Å². The number of hydrogen-bond acceptors (Lipinski definition) is 6. The van der Waals surface area contributed by atoms with Crippen molar-refractivity contribution < 1.29 is 37.4 Å². The summed E-state index contributed by atoms with van der Waals surface area (Å²) in [5.41, 5.74) is 0.214. The van der Waals surface area contributed by atoms with Crippen LogP contribution in [0.3, 0.4) is 0 Å². The first-order valence-electron chi connectivity index (χ1n) is 8.16. The molecule has 0 unspecified atom stereocenters. The molecule has 9 heteroatoms. The van der Waals surface area contributed by atoms with Crippen LogP contribution in [-0.2, 0) is 19.0 Å². The van der Waals surface area contributed by atoms with E-state index in [9.17, 15) is 23.2 Å². The van der Waals surface area contributed by atoms with Crippen LogP contribution >= 0.6 is 0 Å². The zero-order valence-corrected chi connectivity index (χ0v) is 17.8. The molecule has 0 spiro atoms. The average Bonchev–Trinajstić information content (AvgIpc) is 2.90. The fourth-order valence-corrected chi connectivity index (χ4v) is 5.17. The van der Waals surface area contributed by atoms with Crippen LogP contribution in [0.4, 0.5) is 13.6 Å². The van der Waals surface area contributed by atoms with Gasteiger partial charge in [-0.15, -0.1) is 0 Å². The van der Waals surface area contributed by atoms with Crippen molar-refractivity contribution in [3.63, 3.8) is 0 Å². The summed E-state index contributed by atoms with van der Waals surface area (Å²) in [5, 5.41) is 0. The van der Waals surface area contributed by atoms with Crippen molar-refractivity contribution in [1.29, 1.82) is 0 Å². The van der Waals surface area contributed by atoms with Crippen LogP contribution in [0, 0.1) is 0 Å². The van der Waals surface area contributed by atoms with Crippen molar-refractivity contribution >= 4 is 42.1 Å². The molecule has 0 bridgehead atoms. The van der Waals surface area contributed by atoms with Crippen LogP contribution in [-0.4, -0.2) is 63.6 Å². The first-order valence-corrected chi connectivity index (χ1v) is 11.6. The molecule has 0 aromatic heterocycles. The third-order valence-electron chi connectivity index (χ3n) is 3.82. The number of ether oxygens (including phenoxy) is 3. The maximum atomic E-state index is 14.1. The molecule has 3 rings (SSSR count). The van der Waals surface area contributed by atoms with Gasteiger partial charge in [0.15, 0.2) is 0 Å². The first kappa shape index (κ1) is 20.3. The average molecular weight is 585 g/mol. The molecule has 6 nitrogen and oxygen atoms in total. The van der Waals surface area contributed by atoms with Crippen molar-refractivity contribution in [1.82, 2.24) is 0 Å². The van der Waals surface area contributed by atoms with E-state index in [0.717, 1.165) is 3.27 Å². The molecule has 1 fully saturated rings. The second-order valence-corrected chi connectivity index (χ2v) is 10.1. The monoisotopic (exact) mass is 585 g/mol. The summed E-state index contributed by atoms with van der Waals surface area (Å²) in [4.78, 5) is 35.6. The van der Waals surface area contributed by atoms with E-state index in [-0.39, 0.29) is 5.56 Å². The van der Waals surface area contributed by atoms with Crippen LogP contribution in [0.1, 0.15) is 10.4 Å². The Morgan fingerprint density at radius 1 is 1.04 bits per heavy atom. The third kappa shape index (κ3) is 4.70. The number of rotatable bonds is 6. The van der Waals surface area contributed by atoms with E-state index in [4.69, 9.17) is 9.47 Å². The van der Waals surface area contributed by atoms with Crippen molar-refractivity contribution in [3.05, 3.63) is 66.2 Å². The Bertz CT molecular complexity index is 859. The number of carbonyl (C=O) groups excluding carboxylic acids is 3. The molecule has 0 N–H and O–H groups in total. The summed E-state index contributed by atoms with van der Waals surface area (Å²) in [5.74, 6) is -6.58. The SMILES string of the molecule is O=[C](O[C@H]1[C@@H](COC(=O)c2ccccc2)OC(=O)C1(F)F)[Bi][c]1ccccc1. The van der Waals surface area contributed by atoms with E-state index < -0.39 is 63.6 Å².